The summed E-state index contributed by atoms with van der Waals surface area (Å²) in [6, 6.07) is 7.73. The van der Waals surface area contributed by atoms with Crippen LogP contribution in [0.1, 0.15) is 45.6 Å². The lowest BCUT2D eigenvalue weighted by Gasteiger charge is -2.20. The number of ketones is 1. The second kappa shape index (κ2) is 6.57. The lowest BCUT2D eigenvalue weighted by molar-refractivity contribution is -0.111. The quantitative estimate of drug-likeness (QED) is 0.645. The molecule has 0 radical (unpaired) electrons. The van der Waals surface area contributed by atoms with Gasteiger partial charge in [-0.05, 0) is 61.6 Å². The highest BCUT2D eigenvalue weighted by molar-refractivity contribution is 6.13. The van der Waals surface area contributed by atoms with Gasteiger partial charge in [0.15, 0.2) is 5.78 Å². The van der Waals surface area contributed by atoms with Gasteiger partial charge in [0.25, 0.3) is 0 Å². The largest absolute Gasteiger partial charge is 0.399 e. The van der Waals surface area contributed by atoms with Crippen molar-refractivity contribution in [1.82, 2.24) is 0 Å². The number of allylic oxidation sites excluding steroid dienone is 6. The molecule has 0 unspecified atom stereocenters. The van der Waals surface area contributed by atoms with Gasteiger partial charge in [-0.25, -0.2) is 0 Å². The minimum Gasteiger partial charge on any atom is -0.399 e. The van der Waals surface area contributed by atoms with Gasteiger partial charge in [-0.3, -0.25) is 4.79 Å². The normalized spacial score (nSPS) is 17.1. The van der Waals surface area contributed by atoms with Crippen LogP contribution < -0.4 is 5.73 Å². The molecule has 0 heterocycles. The second-order valence-electron chi connectivity index (χ2n) is 5.72. The van der Waals surface area contributed by atoms with Gasteiger partial charge in [0, 0.05) is 11.3 Å². The third-order valence-electron chi connectivity index (χ3n) is 3.79. The SMILES string of the molecule is CCC/C=C1\C(=O)C=C(c2ccc(N)cc2)CC1=C(C)C. The zero-order chi connectivity index (χ0) is 15.4. The number of rotatable bonds is 3. The molecule has 0 spiro atoms. The summed E-state index contributed by atoms with van der Waals surface area (Å²) in [4.78, 5) is 12.5. The van der Waals surface area contributed by atoms with Gasteiger partial charge < -0.3 is 5.73 Å². The molecule has 0 aliphatic heterocycles. The van der Waals surface area contributed by atoms with Gasteiger partial charge in [0.05, 0.1) is 0 Å². The van der Waals surface area contributed by atoms with Gasteiger partial charge in [0.2, 0.25) is 0 Å². The molecule has 1 aromatic rings. The molecule has 1 aromatic carbocycles. The molecule has 0 fully saturated rings. The Morgan fingerprint density at radius 2 is 1.90 bits per heavy atom. The van der Waals surface area contributed by atoms with Crippen LogP contribution in [-0.4, -0.2) is 5.78 Å². The Labute approximate surface area is 127 Å². The van der Waals surface area contributed by atoms with Gasteiger partial charge in [0.1, 0.15) is 0 Å². The summed E-state index contributed by atoms with van der Waals surface area (Å²) in [5.41, 5.74) is 11.9. The number of hydrogen-bond donors (Lipinski definition) is 1. The van der Waals surface area contributed by atoms with Crippen LogP contribution in [0.2, 0.25) is 0 Å². The number of benzene rings is 1. The van der Waals surface area contributed by atoms with Crippen molar-refractivity contribution in [2.75, 3.05) is 5.73 Å². The number of carbonyl (C=O) groups is 1. The Morgan fingerprint density at radius 3 is 2.48 bits per heavy atom. The molecule has 1 aliphatic carbocycles. The fourth-order valence-electron chi connectivity index (χ4n) is 2.56. The average molecular weight is 281 g/mol. The van der Waals surface area contributed by atoms with Crippen molar-refractivity contribution in [2.45, 2.75) is 40.0 Å². The van der Waals surface area contributed by atoms with Crippen LogP contribution in [-0.2, 0) is 4.79 Å². The first kappa shape index (κ1) is 15.3. The Bertz CT molecular complexity index is 626. The predicted molar refractivity (Wildman–Crippen MR) is 89.8 cm³/mol. The standard InChI is InChI=1S/C19H23NO/c1-4-5-6-17-18(13(2)3)11-15(12-19(17)21)14-7-9-16(20)10-8-14/h6-10,12H,4-5,11,20H2,1-3H3/b17-6-. The monoisotopic (exact) mass is 281 g/mol. The van der Waals surface area contributed by atoms with E-state index in [0.717, 1.165) is 41.7 Å². The van der Waals surface area contributed by atoms with Gasteiger partial charge >= 0.3 is 0 Å². The van der Waals surface area contributed by atoms with Crippen molar-refractivity contribution in [2.24, 2.45) is 0 Å². The molecule has 21 heavy (non-hydrogen) atoms. The van der Waals surface area contributed by atoms with Crippen LogP contribution >= 0.6 is 0 Å². The molecular weight excluding hydrogens is 258 g/mol. The molecular formula is C19H23NO. The molecule has 2 nitrogen and oxygen atoms in total. The lowest BCUT2D eigenvalue weighted by Crippen LogP contribution is -2.11. The van der Waals surface area contributed by atoms with Gasteiger partial charge in [-0.1, -0.05) is 37.1 Å². The molecule has 0 amide bonds. The minimum absolute atomic E-state index is 0.123. The summed E-state index contributed by atoms with van der Waals surface area (Å²) >= 11 is 0. The smallest absolute Gasteiger partial charge is 0.186 e. The lowest BCUT2D eigenvalue weighted by atomic mass is 9.83. The van der Waals surface area contributed by atoms with Crippen LogP contribution in [0, 0.1) is 0 Å². The Morgan fingerprint density at radius 1 is 1.24 bits per heavy atom. The van der Waals surface area contributed by atoms with Crippen molar-refractivity contribution in [3.05, 3.63) is 58.7 Å². The number of nitrogens with two attached hydrogens (primary N) is 1. The third-order valence-corrected chi connectivity index (χ3v) is 3.79. The highest BCUT2D eigenvalue weighted by atomic mass is 16.1. The Hall–Kier alpha value is -2.09. The van der Waals surface area contributed by atoms with E-state index in [1.165, 1.54) is 11.1 Å². The first-order valence-corrected chi connectivity index (χ1v) is 7.50. The maximum Gasteiger partial charge on any atom is 0.186 e. The van der Waals surface area contributed by atoms with E-state index in [1.807, 2.05) is 24.3 Å². The molecule has 110 valence electrons. The summed E-state index contributed by atoms with van der Waals surface area (Å²) in [7, 11) is 0. The van der Waals surface area contributed by atoms with Crippen molar-refractivity contribution in [3.8, 4) is 0 Å². The van der Waals surface area contributed by atoms with Crippen molar-refractivity contribution >= 4 is 17.0 Å². The Kier molecular flexibility index (Phi) is 4.79. The fraction of sp³-hybridized carbons (Fsp3) is 0.316. The van der Waals surface area contributed by atoms with Crippen LogP contribution in [0.15, 0.2) is 53.1 Å². The van der Waals surface area contributed by atoms with E-state index in [9.17, 15) is 4.79 Å². The van der Waals surface area contributed by atoms with Gasteiger partial charge in [-0.2, -0.15) is 0 Å². The van der Waals surface area contributed by atoms with Gasteiger partial charge in [-0.15, -0.1) is 0 Å². The van der Waals surface area contributed by atoms with Crippen LogP contribution in [0.3, 0.4) is 0 Å². The van der Waals surface area contributed by atoms with E-state index in [0.29, 0.717) is 0 Å². The van der Waals surface area contributed by atoms with E-state index in [1.54, 1.807) is 6.08 Å². The summed E-state index contributed by atoms with van der Waals surface area (Å²) in [6.45, 7) is 6.28. The van der Waals surface area contributed by atoms with E-state index in [-0.39, 0.29) is 5.78 Å². The zero-order valence-electron chi connectivity index (χ0n) is 13.1. The van der Waals surface area contributed by atoms with E-state index >= 15 is 0 Å². The summed E-state index contributed by atoms with van der Waals surface area (Å²) in [5, 5.41) is 0. The first-order valence-electron chi connectivity index (χ1n) is 7.50. The minimum atomic E-state index is 0.123. The number of unbranched alkanes of at least 4 members (excludes halogenated alkanes) is 1. The maximum absolute atomic E-state index is 12.5. The number of nitrogen functional groups attached to an aromatic ring is 1. The first-order chi connectivity index (χ1) is 10.0. The Balaban J connectivity index is 2.42. The fourth-order valence-corrected chi connectivity index (χ4v) is 2.56. The van der Waals surface area contributed by atoms with Crippen LogP contribution in [0.4, 0.5) is 5.69 Å². The van der Waals surface area contributed by atoms with Crippen LogP contribution in [0.25, 0.3) is 5.57 Å². The summed E-state index contributed by atoms with van der Waals surface area (Å²) in [5.74, 6) is 0.123. The maximum atomic E-state index is 12.5. The van der Waals surface area contributed by atoms with E-state index in [2.05, 4.69) is 26.8 Å². The zero-order valence-corrected chi connectivity index (χ0v) is 13.1. The average Bonchev–Trinajstić information content (AvgIpc) is 2.46. The van der Waals surface area contributed by atoms with Crippen LogP contribution in [0.5, 0.6) is 0 Å². The molecule has 0 aromatic heterocycles. The molecule has 0 bridgehead atoms. The number of hydrogen-bond acceptors (Lipinski definition) is 2. The van der Waals surface area contributed by atoms with Crippen molar-refractivity contribution in [3.63, 3.8) is 0 Å². The number of anilines is 1. The van der Waals surface area contributed by atoms with E-state index in [4.69, 9.17) is 5.73 Å². The predicted octanol–water partition coefficient (Wildman–Crippen LogP) is 4.69. The molecule has 2 heteroatoms. The highest BCUT2D eigenvalue weighted by Gasteiger charge is 2.22. The second-order valence-corrected chi connectivity index (χ2v) is 5.72. The molecule has 0 saturated heterocycles. The molecule has 0 atom stereocenters. The molecule has 2 rings (SSSR count). The van der Waals surface area contributed by atoms with Crippen molar-refractivity contribution in [1.29, 1.82) is 0 Å². The highest BCUT2D eigenvalue weighted by Crippen LogP contribution is 2.34. The van der Waals surface area contributed by atoms with Crippen molar-refractivity contribution < 1.29 is 4.79 Å². The topological polar surface area (TPSA) is 43.1 Å². The molecule has 2 N–H and O–H groups in total. The molecule has 1 aliphatic rings. The summed E-state index contributed by atoms with van der Waals surface area (Å²) < 4.78 is 0. The number of carbonyl (C=O) groups excluding carboxylic acids is 1. The third kappa shape index (κ3) is 3.52. The van der Waals surface area contributed by atoms with E-state index < -0.39 is 0 Å². The summed E-state index contributed by atoms with van der Waals surface area (Å²) in [6.07, 6.45) is 6.68. The molecule has 0 saturated carbocycles.